The van der Waals surface area contributed by atoms with Gasteiger partial charge in [0.15, 0.2) is 11.5 Å². The van der Waals surface area contributed by atoms with Crippen molar-refractivity contribution in [3.63, 3.8) is 0 Å². The third kappa shape index (κ3) is 3.45. The maximum Gasteiger partial charge on any atom is 0.254 e. The molecule has 0 unspecified atom stereocenters. The molecule has 0 spiro atoms. The molecule has 1 N–H and O–H groups in total. The van der Waals surface area contributed by atoms with Crippen LogP contribution in [0, 0.1) is 0 Å². The zero-order chi connectivity index (χ0) is 19.7. The van der Waals surface area contributed by atoms with Crippen LogP contribution in [0.15, 0.2) is 47.4 Å². The van der Waals surface area contributed by atoms with Crippen LogP contribution in [-0.2, 0) is 10.0 Å². The number of benzene rings is 2. The molecular formula is C20H22N2O5S. The summed E-state index contributed by atoms with van der Waals surface area (Å²) >= 11 is 0. The first-order valence-electron chi connectivity index (χ1n) is 9.24. The fourth-order valence-electron chi connectivity index (χ4n) is 3.68. The van der Waals surface area contributed by atoms with E-state index in [1.54, 1.807) is 12.1 Å². The Morgan fingerprint density at radius 3 is 2.50 bits per heavy atom. The summed E-state index contributed by atoms with van der Waals surface area (Å²) in [6, 6.07) is 11.8. The van der Waals surface area contributed by atoms with Crippen molar-refractivity contribution in [2.75, 3.05) is 26.8 Å². The molecule has 148 valence electrons. The molecule has 7 nitrogen and oxygen atoms in total. The smallest absolute Gasteiger partial charge is 0.254 e. The molecule has 1 amide bonds. The number of nitrogens with zero attached hydrogens (tertiary/aromatic N) is 1. The lowest BCUT2D eigenvalue weighted by atomic mass is 10.0. The fourth-order valence-corrected chi connectivity index (χ4v) is 4.41. The highest BCUT2D eigenvalue weighted by atomic mass is 32.2. The van der Waals surface area contributed by atoms with E-state index >= 15 is 0 Å². The van der Waals surface area contributed by atoms with Gasteiger partial charge < -0.3 is 14.4 Å². The number of amides is 1. The molecule has 28 heavy (non-hydrogen) atoms. The highest BCUT2D eigenvalue weighted by molar-refractivity contribution is 7.89. The molecule has 8 heteroatoms. The molecule has 0 bridgehead atoms. The van der Waals surface area contributed by atoms with Crippen molar-refractivity contribution in [2.24, 2.45) is 0 Å². The molecule has 4 rings (SSSR count). The minimum atomic E-state index is -3.52. The maximum absolute atomic E-state index is 13.1. The highest BCUT2D eigenvalue weighted by Crippen LogP contribution is 2.38. The standard InChI is InChI=1S/C20H22N2O5S/c1-21-28(24,25)16-7-4-14(5-8-16)20(23)22-10-2-3-17(22)15-6-9-18-19(13-15)27-12-11-26-18/h4-9,13,17,21H,2-3,10-12H2,1H3/t17-/m0/s1. The quantitative estimate of drug-likeness (QED) is 0.849. The molecule has 2 aliphatic heterocycles. The number of fused-ring (bicyclic) bond motifs is 1. The molecule has 0 saturated carbocycles. The van der Waals surface area contributed by atoms with Gasteiger partial charge in [-0.15, -0.1) is 0 Å². The van der Waals surface area contributed by atoms with Crippen molar-refractivity contribution in [3.05, 3.63) is 53.6 Å². The Balaban J connectivity index is 1.57. The summed E-state index contributed by atoms with van der Waals surface area (Å²) in [5.74, 6) is 1.34. The van der Waals surface area contributed by atoms with Gasteiger partial charge in [0, 0.05) is 12.1 Å². The van der Waals surface area contributed by atoms with Gasteiger partial charge in [0.2, 0.25) is 10.0 Å². The van der Waals surface area contributed by atoms with Gasteiger partial charge in [0.1, 0.15) is 13.2 Å². The van der Waals surface area contributed by atoms with Gasteiger partial charge in [-0.2, -0.15) is 0 Å². The van der Waals surface area contributed by atoms with Crippen LogP contribution < -0.4 is 14.2 Å². The number of likely N-dealkylation sites (tertiary alicyclic amines) is 1. The first-order valence-corrected chi connectivity index (χ1v) is 10.7. The first kappa shape index (κ1) is 18.8. The van der Waals surface area contributed by atoms with Crippen LogP contribution in [0.3, 0.4) is 0 Å². The summed E-state index contributed by atoms with van der Waals surface area (Å²) in [7, 11) is -2.17. The molecule has 2 heterocycles. The fraction of sp³-hybridized carbons (Fsp3) is 0.350. The van der Waals surface area contributed by atoms with Gasteiger partial charge in [-0.1, -0.05) is 6.07 Å². The van der Waals surface area contributed by atoms with E-state index in [4.69, 9.17) is 9.47 Å². The van der Waals surface area contributed by atoms with Gasteiger partial charge in [0.25, 0.3) is 5.91 Å². The van der Waals surface area contributed by atoms with Crippen LogP contribution in [0.25, 0.3) is 0 Å². The molecule has 1 saturated heterocycles. The molecular weight excluding hydrogens is 380 g/mol. The lowest BCUT2D eigenvalue weighted by molar-refractivity contribution is 0.0735. The Kier molecular flexibility index (Phi) is 4.99. The number of hydrogen-bond donors (Lipinski definition) is 1. The minimum Gasteiger partial charge on any atom is -0.486 e. The van der Waals surface area contributed by atoms with Gasteiger partial charge >= 0.3 is 0 Å². The zero-order valence-corrected chi connectivity index (χ0v) is 16.4. The molecule has 0 aliphatic carbocycles. The summed E-state index contributed by atoms with van der Waals surface area (Å²) in [4.78, 5) is 15.0. The second-order valence-electron chi connectivity index (χ2n) is 6.79. The van der Waals surface area contributed by atoms with Crippen molar-refractivity contribution in [1.29, 1.82) is 0 Å². The lowest BCUT2D eigenvalue weighted by Gasteiger charge is -2.27. The molecule has 2 aromatic carbocycles. The number of carbonyl (C=O) groups excluding carboxylic acids is 1. The van der Waals surface area contributed by atoms with Gasteiger partial charge in [0.05, 0.1) is 10.9 Å². The number of sulfonamides is 1. The van der Waals surface area contributed by atoms with Crippen molar-refractivity contribution >= 4 is 15.9 Å². The van der Waals surface area contributed by atoms with Crippen LogP contribution in [0.5, 0.6) is 11.5 Å². The van der Waals surface area contributed by atoms with Crippen molar-refractivity contribution in [1.82, 2.24) is 9.62 Å². The van der Waals surface area contributed by atoms with E-state index in [0.29, 0.717) is 31.1 Å². The lowest BCUT2D eigenvalue weighted by Crippen LogP contribution is -2.30. The summed E-state index contributed by atoms with van der Waals surface area (Å²) in [5.41, 5.74) is 1.49. The maximum atomic E-state index is 13.1. The minimum absolute atomic E-state index is 0.0379. The van der Waals surface area contributed by atoms with E-state index in [-0.39, 0.29) is 16.8 Å². The summed E-state index contributed by atoms with van der Waals surface area (Å²) in [6.45, 7) is 1.72. The predicted molar refractivity (Wildman–Crippen MR) is 103 cm³/mol. The SMILES string of the molecule is CNS(=O)(=O)c1ccc(C(=O)N2CCC[C@H]2c2ccc3c(c2)OCCO3)cc1. The van der Waals surface area contributed by atoms with Crippen molar-refractivity contribution in [3.8, 4) is 11.5 Å². The molecule has 0 radical (unpaired) electrons. The van der Waals surface area contributed by atoms with Gasteiger partial charge in [-0.05, 0) is 61.9 Å². The van der Waals surface area contributed by atoms with E-state index in [0.717, 1.165) is 24.2 Å². The Morgan fingerprint density at radius 2 is 1.79 bits per heavy atom. The molecule has 1 atom stereocenters. The summed E-state index contributed by atoms with van der Waals surface area (Å²) < 4.78 is 37.2. The topological polar surface area (TPSA) is 84.9 Å². The van der Waals surface area contributed by atoms with E-state index in [1.165, 1.54) is 19.2 Å². The Hall–Kier alpha value is -2.58. The summed E-state index contributed by atoms with van der Waals surface area (Å²) in [6.07, 6.45) is 1.79. The monoisotopic (exact) mass is 402 g/mol. The van der Waals surface area contributed by atoms with E-state index in [2.05, 4.69) is 4.72 Å². The number of ether oxygens (including phenoxy) is 2. The van der Waals surface area contributed by atoms with Crippen LogP contribution in [0.4, 0.5) is 0 Å². The van der Waals surface area contributed by atoms with Crippen LogP contribution in [0.2, 0.25) is 0 Å². The average Bonchev–Trinajstić information content (AvgIpc) is 3.23. The van der Waals surface area contributed by atoms with Crippen LogP contribution >= 0.6 is 0 Å². The van der Waals surface area contributed by atoms with Gasteiger partial charge in [-0.3, -0.25) is 4.79 Å². The number of nitrogens with one attached hydrogen (secondary N) is 1. The highest BCUT2D eigenvalue weighted by Gasteiger charge is 2.31. The predicted octanol–water partition coefficient (Wildman–Crippen LogP) is 2.34. The molecule has 2 aromatic rings. The second-order valence-corrected chi connectivity index (χ2v) is 8.68. The first-order chi connectivity index (χ1) is 13.5. The third-order valence-electron chi connectivity index (χ3n) is 5.14. The third-order valence-corrected chi connectivity index (χ3v) is 6.58. The van der Waals surface area contributed by atoms with E-state index in [9.17, 15) is 13.2 Å². The number of carbonyl (C=O) groups is 1. The Bertz CT molecular complexity index is 988. The van der Waals surface area contributed by atoms with Crippen molar-refractivity contribution < 1.29 is 22.7 Å². The average molecular weight is 402 g/mol. The molecule has 0 aromatic heterocycles. The molecule has 2 aliphatic rings. The van der Waals surface area contributed by atoms with Crippen molar-refractivity contribution in [2.45, 2.75) is 23.8 Å². The Labute approximate surface area is 164 Å². The van der Waals surface area contributed by atoms with E-state index in [1.807, 2.05) is 23.1 Å². The molecule has 1 fully saturated rings. The van der Waals surface area contributed by atoms with E-state index < -0.39 is 10.0 Å². The second kappa shape index (κ2) is 7.44. The number of rotatable bonds is 4. The summed E-state index contributed by atoms with van der Waals surface area (Å²) in [5, 5.41) is 0. The van der Waals surface area contributed by atoms with Gasteiger partial charge in [-0.25, -0.2) is 13.1 Å². The van der Waals surface area contributed by atoms with Crippen LogP contribution in [0.1, 0.15) is 34.8 Å². The Morgan fingerprint density at radius 1 is 1.07 bits per heavy atom. The van der Waals surface area contributed by atoms with Crippen LogP contribution in [-0.4, -0.2) is 46.0 Å². The zero-order valence-electron chi connectivity index (χ0n) is 15.6. The normalized spacial score (nSPS) is 18.9. The number of hydrogen-bond acceptors (Lipinski definition) is 5. The largest absolute Gasteiger partial charge is 0.486 e.